The summed E-state index contributed by atoms with van der Waals surface area (Å²) in [5.41, 5.74) is 1.58. The molecule has 0 radical (unpaired) electrons. The van der Waals surface area contributed by atoms with Crippen LogP contribution < -0.4 is 4.74 Å². The Labute approximate surface area is 164 Å². The molecular weight excluding hydrogens is 364 g/mol. The Kier molecular flexibility index (Phi) is 7.68. The van der Waals surface area contributed by atoms with Crippen LogP contribution in [0.4, 0.5) is 0 Å². The van der Waals surface area contributed by atoms with E-state index < -0.39 is 10.0 Å². The molecule has 1 saturated heterocycles. The van der Waals surface area contributed by atoms with E-state index in [1.54, 1.807) is 17.5 Å². The summed E-state index contributed by atoms with van der Waals surface area (Å²) >= 11 is 0. The highest BCUT2D eigenvalue weighted by Crippen LogP contribution is 2.30. The molecule has 1 aromatic carbocycles. The van der Waals surface area contributed by atoms with Crippen molar-refractivity contribution in [2.24, 2.45) is 0 Å². The summed E-state index contributed by atoms with van der Waals surface area (Å²) in [5, 5.41) is 0. The molecule has 1 fully saturated rings. The molecule has 6 nitrogen and oxygen atoms in total. The molecule has 1 aliphatic rings. The van der Waals surface area contributed by atoms with Crippen LogP contribution in [-0.2, 0) is 14.8 Å². The molecule has 0 aromatic heterocycles. The topological polar surface area (TPSA) is 59.1 Å². The fourth-order valence-electron chi connectivity index (χ4n) is 3.83. The van der Waals surface area contributed by atoms with Crippen LogP contribution in [0.5, 0.6) is 5.75 Å². The molecule has 2 unspecified atom stereocenters. The first kappa shape index (κ1) is 22.1. The number of nitrogens with zero attached hydrogens (tertiary/aromatic N) is 2. The Morgan fingerprint density at radius 1 is 1.11 bits per heavy atom. The largest absolute Gasteiger partial charge is 0.494 e. The zero-order valence-corrected chi connectivity index (χ0v) is 18.3. The van der Waals surface area contributed by atoms with Crippen molar-refractivity contribution in [1.29, 1.82) is 0 Å². The highest BCUT2D eigenvalue weighted by molar-refractivity contribution is 7.89. The molecule has 0 spiro atoms. The fourth-order valence-corrected chi connectivity index (χ4v) is 5.72. The van der Waals surface area contributed by atoms with Crippen LogP contribution in [0, 0.1) is 13.8 Å². The third kappa shape index (κ3) is 5.02. The number of piperazine rings is 1. The SMILES string of the molecule is CCOc1cc(C)c(S(=O)(=O)N2CC(C)N(CCCOC)C(C)C2)cc1C. The highest BCUT2D eigenvalue weighted by Gasteiger charge is 2.36. The van der Waals surface area contributed by atoms with E-state index in [0.29, 0.717) is 24.6 Å². The monoisotopic (exact) mass is 398 g/mol. The van der Waals surface area contributed by atoms with Crippen LogP contribution in [-0.4, -0.2) is 69.7 Å². The van der Waals surface area contributed by atoms with Gasteiger partial charge in [0.1, 0.15) is 5.75 Å². The Balaban J connectivity index is 2.22. The van der Waals surface area contributed by atoms with Gasteiger partial charge in [-0.1, -0.05) is 0 Å². The lowest BCUT2D eigenvalue weighted by Crippen LogP contribution is -2.58. The van der Waals surface area contributed by atoms with E-state index in [1.807, 2.05) is 26.8 Å². The second kappa shape index (κ2) is 9.37. The van der Waals surface area contributed by atoms with Crippen LogP contribution in [0.1, 0.15) is 38.3 Å². The molecule has 0 bridgehead atoms. The van der Waals surface area contributed by atoms with Crippen molar-refractivity contribution < 1.29 is 17.9 Å². The predicted octanol–water partition coefficient (Wildman–Crippen LogP) is 2.82. The minimum Gasteiger partial charge on any atom is -0.494 e. The maximum Gasteiger partial charge on any atom is 0.243 e. The van der Waals surface area contributed by atoms with Gasteiger partial charge >= 0.3 is 0 Å². The van der Waals surface area contributed by atoms with Gasteiger partial charge in [0.2, 0.25) is 10.0 Å². The van der Waals surface area contributed by atoms with Gasteiger partial charge in [0.05, 0.1) is 11.5 Å². The Morgan fingerprint density at radius 2 is 1.74 bits per heavy atom. The molecule has 0 amide bonds. The minimum atomic E-state index is -3.53. The molecular formula is C20H34N2O4S. The Morgan fingerprint density at radius 3 is 2.30 bits per heavy atom. The number of sulfonamides is 1. The molecule has 2 rings (SSSR count). The molecule has 0 aliphatic carbocycles. The summed E-state index contributed by atoms with van der Waals surface area (Å²) in [4.78, 5) is 2.76. The lowest BCUT2D eigenvalue weighted by atomic mass is 10.1. The van der Waals surface area contributed by atoms with E-state index in [-0.39, 0.29) is 12.1 Å². The van der Waals surface area contributed by atoms with Crippen molar-refractivity contribution in [1.82, 2.24) is 9.21 Å². The number of ether oxygens (including phenoxy) is 2. The molecule has 1 aromatic rings. The zero-order chi connectivity index (χ0) is 20.2. The lowest BCUT2D eigenvalue weighted by Gasteiger charge is -2.44. The first-order chi connectivity index (χ1) is 12.7. The number of hydrogen-bond acceptors (Lipinski definition) is 5. The number of hydrogen-bond donors (Lipinski definition) is 0. The van der Waals surface area contributed by atoms with Gasteiger partial charge in [-0.2, -0.15) is 4.31 Å². The Bertz CT molecular complexity index is 724. The lowest BCUT2D eigenvalue weighted by molar-refractivity contribution is 0.0665. The quantitative estimate of drug-likeness (QED) is 0.630. The van der Waals surface area contributed by atoms with Crippen LogP contribution in [0.15, 0.2) is 17.0 Å². The average Bonchev–Trinajstić information content (AvgIpc) is 2.60. The fraction of sp³-hybridized carbons (Fsp3) is 0.700. The molecule has 27 heavy (non-hydrogen) atoms. The van der Waals surface area contributed by atoms with E-state index in [0.717, 1.165) is 36.4 Å². The van der Waals surface area contributed by atoms with Crippen molar-refractivity contribution in [2.75, 3.05) is 40.0 Å². The number of benzene rings is 1. The summed E-state index contributed by atoms with van der Waals surface area (Å²) in [6, 6.07) is 3.92. The van der Waals surface area contributed by atoms with Crippen molar-refractivity contribution >= 4 is 10.0 Å². The van der Waals surface area contributed by atoms with E-state index >= 15 is 0 Å². The smallest absolute Gasteiger partial charge is 0.243 e. The van der Waals surface area contributed by atoms with Crippen LogP contribution in [0.25, 0.3) is 0 Å². The molecule has 0 N–H and O–H groups in total. The third-order valence-corrected chi connectivity index (χ3v) is 7.20. The van der Waals surface area contributed by atoms with E-state index in [1.165, 1.54) is 0 Å². The van der Waals surface area contributed by atoms with E-state index in [2.05, 4.69) is 18.7 Å². The third-order valence-electron chi connectivity index (χ3n) is 5.22. The van der Waals surface area contributed by atoms with Crippen LogP contribution in [0.3, 0.4) is 0 Å². The van der Waals surface area contributed by atoms with Crippen molar-refractivity contribution in [3.63, 3.8) is 0 Å². The molecule has 0 saturated carbocycles. The van der Waals surface area contributed by atoms with Crippen LogP contribution in [0.2, 0.25) is 0 Å². The normalized spacial score (nSPS) is 22.1. The van der Waals surface area contributed by atoms with Gasteiger partial charge in [-0.15, -0.1) is 0 Å². The summed E-state index contributed by atoms with van der Waals surface area (Å²) in [6.45, 7) is 13.1. The summed E-state index contributed by atoms with van der Waals surface area (Å²) < 4.78 is 39.0. The van der Waals surface area contributed by atoms with Gasteiger partial charge < -0.3 is 9.47 Å². The van der Waals surface area contributed by atoms with Crippen molar-refractivity contribution in [2.45, 2.75) is 58.0 Å². The standard InChI is InChI=1S/C20H34N2O4S/c1-7-26-19-11-16(3)20(12-15(19)2)27(23,24)21-13-17(4)22(18(5)14-21)9-8-10-25-6/h11-12,17-18H,7-10,13-14H2,1-6H3. The number of methoxy groups -OCH3 is 1. The minimum absolute atomic E-state index is 0.171. The number of rotatable bonds is 8. The first-order valence-electron chi connectivity index (χ1n) is 9.71. The van der Waals surface area contributed by atoms with Gasteiger partial charge in [-0.3, -0.25) is 4.90 Å². The molecule has 1 aliphatic heterocycles. The first-order valence-corrected chi connectivity index (χ1v) is 11.1. The van der Waals surface area contributed by atoms with Gasteiger partial charge in [-0.05, 0) is 64.3 Å². The number of aryl methyl sites for hydroxylation is 2. The zero-order valence-electron chi connectivity index (χ0n) is 17.5. The predicted molar refractivity (Wildman–Crippen MR) is 108 cm³/mol. The van der Waals surface area contributed by atoms with E-state index in [4.69, 9.17) is 9.47 Å². The van der Waals surface area contributed by atoms with Gasteiger partial charge in [0.25, 0.3) is 0 Å². The summed E-state index contributed by atoms with van der Waals surface area (Å²) in [5.74, 6) is 0.749. The second-order valence-corrected chi connectivity index (χ2v) is 9.33. The van der Waals surface area contributed by atoms with Crippen molar-refractivity contribution in [3.05, 3.63) is 23.3 Å². The summed E-state index contributed by atoms with van der Waals surface area (Å²) in [7, 11) is -1.83. The maximum absolute atomic E-state index is 13.3. The average molecular weight is 399 g/mol. The Hall–Kier alpha value is -1.15. The molecule has 2 atom stereocenters. The molecule has 154 valence electrons. The van der Waals surface area contributed by atoms with Gasteiger partial charge in [0.15, 0.2) is 0 Å². The molecule has 1 heterocycles. The van der Waals surface area contributed by atoms with E-state index in [9.17, 15) is 8.42 Å². The second-order valence-electron chi connectivity index (χ2n) is 7.42. The summed E-state index contributed by atoms with van der Waals surface area (Å²) in [6.07, 6.45) is 0.953. The highest BCUT2D eigenvalue weighted by atomic mass is 32.2. The van der Waals surface area contributed by atoms with Crippen molar-refractivity contribution in [3.8, 4) is 5.75 Å². The van der Waals surface area contributed by atoms with Gasteiger partial charge in [0, 0.05) is 45.4 Å². The van der Waals surface area contributed by atoms with Crippen LogP contribution >= 0.6 is 0 Å². The molecule has 7 heteroatoms. The maximum atomic E-state index is 13.3. The van der Waals surface area contributed by atoms with Gasteiger partial charge in [-0.25, -0.2) is 8.42 Å².